The van der Waals surface area contributed by atoms with Gasteiger partial charge < -0.3 is 4.43 Å². The van der Waals surface area contributed by atoms with Crippen LogP contribution in [0.4, 0.5) is 0 Å². The number of hydrogen-bond donors (Lipinski definition) is 0. The molecular formula is C27H49N3OSi. The Labute approximate surface area is 198 Å². The van der Waals surface area contributed by atoms with Gasteiger partial charge in [0.05, 0.1) is 0 Å². The molecule has 0 aliphatic heterocycles. The molecule has 0 heterocycles. The first-order chi connectivity index (χ1) is 14.8. The SMILES string of the molecule is C=C1CC[C@H]2[C@H](CN=[N+]=[N-])[C@@H]([C@@]3(C)CC[C@H](C)C[C@@H]3CO[Si](C)(C)C(C)(C)C)CC[C@]12C. The van der Waals surface area contributed by atoms with E-state index < -0.39 is 8.32 Å². The molecule has 0 radical (unpaired) electrons. The highest BCUT2D eigenvalue weighted by Gasteiger charge is 2.56. The maximum absolute atomic E-state index is 9.18. The van der Waals surface area contributed by atoms with Gasteiger partial charge in [0.1, 0.15) is 0 Å². The van der Waals surface area contributed by atoms with Gasteiger partial charge in [0, 0.05) is 18.1 Å². The van der Waals surface area contributed by atoms with Crippen LogP contribution in [0.3, 0.4) is 0 Å². The lowest BCUT2D eigenvalue weighted by molar-refractivity contribution is -0.0753. The quantitative estimate of drug-likeness (QED) is 0.129. The smallest absolute Gasteiger partial charge is 0.191 e. The molecule has 0 unspecified atom stereocenters. The van der Waals surface area contributed by atoms with E-state index in [1.165, 1.54) is 44.1 Å². The summed E-state index contributed by atoms with van der Waals surface area (Å²) in [6.45, 7) is 25.2. The minimum absolute atomic E-state index is 0.234. The van der Waals surface area contributed by atoms with Crippen LogP contribution in [0, 0.1) is 40.4 Å². The lowest BCUT2D eigenvalue weighted by Gasteiger charge is -2.57. The summed E-state index contributed by atoms with van der Waals surface area (Å²) in [4.78, 5) is 3.20. The minimum Gasteiger partial charge on any atom is -0.417 e. The van der Waals surface area contributed by atoms with E-state index in [2.05, 4.69) is 71.2 Å². The van der Waals surface area contributed by atoms with Gasteiger partial charge >= 0.3 is 0 Å². The number of azide groups is 1. The lowest BCUT2D eigenvalue weighted by Crippen LogP contribution is -2.52. The van der Waals surface area contributed by atoms with Gasteiger partial charge in [-0.05, 0) is 103 Å². The Balaban J connectivity index is 1.90. The summed E-state index contributed by atoms with van der Waals surface area (Å²) in [7, 11) is -1.78. The fourth-order valence-electron chi connectivity index (χ4n) is 7.30. The molecule has 3 aliphatic carbocycles. The van der Waals surface area contributed by atoms with Crippen molar-refractivity contribution in [2.45, 2.75) is 105 Å². The molecule has 5 heteroatoms. The van der Waals surface area contributed by atoms with Crippen molar-refractivity contribution < 1.29 is 4.43 Å². The molecule has 0 amide bonds. The summed E-state index contributed by atoms with van der Waals surface area (Å²) < 4.78 is 6.85. The second-order valence-corrected chi connectivity index (χ2v) is 18.4. The fourth-order valence-corrected chi connectivity index (χ4v) is 8.36. The van der Waals surface area contributed by atoms with Crippen molar-refractivity contribution >= 4 is 8.32 Å². The molecule has 0 bridgehead atoms. The molecular weight excluding hydrogens is 410 g/mol. The Hall–Kier alpha value is -0.773. The van der Waals surface area contributed by atoms with E-state index in [0.717, 1.165) is 18.9 Å². The Bertz CT molecular complexity index is 752. The van der Waals surface area contributed by atoms with Gasteiger partial charge in [-0.25, -0.2) is 0 Å². The number of hydrogen-bond acceptors (Lipinski definition) is 2. The summed E-state index contributed by atoms with van der Waals surface area (Å²) >= 11 is 0. The van der Waals surface area contributed by atoms with E-state index >= 15 is 0 Å². The normalized spacial score (nSPS) is 40.6. The summed E-state index contributed by atoms with van der Waals surface area (Å²) in [5.74, 6) is 3.05. The highest BCUT2D eigenvalue weighted by molar-refractivity contribution is 6.74. The molecule has 0 aromatic rings. The molecule has 0 N–H and O–H groups in total. The van der Waals surface area contributed by atoms with Crippen LogP contribution < -0.4 is 0 Å². The molecule has 3 aliphatic rings. The van der Waals surface area contributed by atoms with Gasteiger partial charge in [-0.1, -0.05) is 65.2 Å². The van der Waals surface area contributed by atoms with Crippen LogP contribution in [-0.4, -0.2) is 21.5 Å². The maximum atomic E-state index is 9.18. The molecule has 4 nitrogen and oxygen atoms in total. The number of nitrogens with zero attached hydrogens (tertiary/aromatic N) is 3. The molecule has 0 aromatic heterocycles. The van der Waals surface area contributed by atoms with Crippen molar-refractivity contribution in [2.24, 2.45) is 45.5 Å². The highest BCUT2D eigenvalue weighted by atomic mass is 28.4. The zero-order chi connectivity index (χ0) is 23.9. The summed E-state index contributed by atoms with van der Waals surface area (Å²) in [5.41, 5.74) is 11.1. The first-order valence-corrected chi connectivity index (χ1v) is 16.0. The molecule has 3 saturated carbocycles. The fraction of sp³-hybridized carbons (Fsp3) is 0.926. The second kappa shape index (κ2) is 9.11. The van der Waals surface area contributed by atoms with Gasteiger partial charge in [0.15, 0.2) is 8.32 Å². The predicted octanol–water partition coefficient (Wildman–Crippen LogP) is 8.76. The summed E-state index contributed by atoms with van der Waals surface area (Å²) in [6, 6.07) is 0. The van der Waals surface area contributed by atoms with Crippen molar-refractivity contribution in [1.82, 2.24) is 0 Å². The summed E-state index contributed by atoms with van der Waals surface area (Å²) in [5, 5.41) is 4.41. The molecule has 7 atom stereocenters. The molecule has 0 aromatic carbocycles. The number of fused-ring (bicyclic) bond motifs is 1. The lowest BCUT2D eigenvalue weighted by atomic mass is 9.49. The zero-order valence-corrected chi connectivity index (χ0v) is 23.2. The molecule has 0 saturated heterocycles. The van der Waals surface area contributed by atoms with Crippen molar-refractivity contribution in [3.05, 3.63) is 22.6 Å². The van der Waals surface area contributed by atoms with Crippen LogP contribution in [0.25, 0.3) is 10.4 Å². The Morgan fingerprint density at radius 1 is 1.16 bits per heavy atom. The predicted molar refractivity (Wildman–Crippen MR) is 138 cm³/mol. The first-order valence-electron chi connectivity index (χ1n) is 13.1. The first kappa shape index (κ1) is 25.8. The van der Waals surface area contributed by atoms with Crippen LogP contribution in [-0.2, 0) is 4.43 Å². The molecule has 182 valence electrons. The van der Waals surface area contributed by atoms with Crippen molar-refractivity contribution in [2.75, 3.05) is 13.2 Å². The Morgan fingerprint density at radius 3 is 2.47 bits per heavy atom. The van der Waals surface area contributed by atoms with Crippen molar-refractivity contribution in [3.8, 4) is 0 Å². The topological polar surface area (TPSA) is 58.0 Å². The third kappa shape index (κ3) is 4.59. The van der Waals surface area contributed by atoms with Crippen LogP contribution in [0.15, 0.2) is 17.3 Å². The zero-order valence-electron chi connectivity index (χ0n) is 22.2. The molecule has 32 heavy (non-hydrogen) atoms. The largest absolute Gasteiger partial charge is 0.417 e. The number of rotatable bonds is 6. The minimum atomic E-state index is -1.78. The Kier molecular flexibility index (Phi) is 7.36. The second-order valence-electron chi connectivity index (χ2n) is 13.5. The van der Waals surface area contributed by atoms with E-state index in [1.54, 1.807) is 0 Å². The molecule has 3 rings (SSSR count). The average molecular weight is 460 g/mol. The third-order valence-electron chi connectivity index (χ3n) is 10.8. The average Bonchev–Trinajstić information content (AvgIpc) is 3.01. The third-order valence-corrected chi connectivity index (χ3v) is 15.3. The van der Waals surface area contributed by atoms with Crippen LogP contribution in [0.5, 0.6) is 0 Å². The van der Waals surface area contributed by atoms with Gasteiger partial charge in [0.25, 0.3) is 0 Å². The van der Waals surface area contributed by atoms with Crippen LogP contribution in [0.1, 0.15) is 86.5 Å². The van der Waals surface area contributed by atoms with Gasteiger partial charge in [-0.2, -0.15) is 0 Å². The van der Waals surface area contributed by atoms with Crippen LogP contribution in [0.2, 0.25) is 18.1 Å². The van der Waals surface area contributed by atoms with Gasteiger partial charge in [-0.15, -0.1) is 0 Å². The molecule has 3 fully saturated rings. The summed E-state index contributed by atoms with van der Waals surface area (Å²) in [6.07, 6.45) is 8.70. The van der Waals surface area contributed by atoms with E-state index in [9.17, 15) is 5.53 Å². The van der Waals surface area contributed by atoms with E-state index in [-0.39, 0.29) is 15.9 Å². The molecule has 0 spiro atoms. The van der Waals surface area contributed by atoms with E-state index in [0.29, 0.717) is 30.2 Å². The highest BCUT2D eigenvalue weighted by Crippen LogP contribution is 2.64. The van der Waals surface area contributed by atoms with E-state index in [1.807, 2.05) is 0 Å². The number of allylic oxidation sites excluding steroid dienone is 1. The van der Waals surface area contributed by atoms with E-state index in [4.69, 9.17) is 4.43 Å². The maximum Gasteiger partial charge on any atom is 0.191 e. The van der Waals surface area contributed by atoms with Crippen molar-refractivity contribution in [3.63, 3.8) is 0 Å². The standard InChI is InChI=1S/C27H49N3OSi/c1-19-12-14-27(7,21(16-19)18-31-32(8,9)25(3,4)5)24-13-15-26(6)20(2)10-11-23(26)22(24)17-29-30-28/h19,21-24H,2,10-18H2,1,3-9H3/t19-,21+,22-,23-,24-,26+,27-/m0/s1. The van der Waals surface area contributed by atoms with Gasteiger partial charge in [0.2, 0.25) is 0 Å². The van der Waals surface area contributed by atoms with Crippen LogP contribution >= 0.6 is 0 Å². The van der Waals surface area contributed by atoms with Crippen molar-refractivity contribution in [1.29, 1.82) is 0 Å². The van der Waals surface area contributed by atoms with Gasteiger partial charge in [-0.3, -0.25) is 0 Å². The Morgan fingerprint density at radius 2 is 1.84 bits per heavy atom. The monoisotopic (exact) mass is 459 g/mol.